The lowest BCUT2D eigenvalue weighted by Gasteiger charge is -2.29. The zero-order chi connectivity index (χ0) is 12.1. The molecule has 0 bridgehead atoms. The summed E-state index contributed by atoms with van der Waals surface area (Å²) in [6, 6.07) is 0. The Morgan fingerprint density at radius 3 is 2.38 bits per heavy atom. The summed E-state index contributed by atoms with van der Waals surface area (Å²) in [6.07, 6.45) is 0.718. The Hall–Kier alpha value is -1.26. The van der Waals surface area contributed by atoms with E-state index in [-0.39, 0.29) is 12.0 Å². The summed E-state index contributed by atoms with van der Waals surface area (Å²) in [6.45, 7) is 5.33. The van der Waals surface area contributed by atoms with Crippen LogP contribution in [-0.4, -0.2) is 41.8 Å². The average molecular weight is 229 g/mol. The van der Waals surface area contributed by atoms with Gasteiger partial charge in [0, 0.05) is 13.1 Å². The molecule has 1 aliphatic heterocycles. The quantitative estimate of drug-likeness (QED) is 0.797. The van der Waals surface area contributed by atoms with Gasteiger partial charge in [0.15, 0.2) is 0 Å². The molecule has 5 nitrogen and oxygen atoms in total. The van der Waals surface area contributed by atoms with Crippen LogP contribution >= 0.6 is 0 Å². The minimum Gasteiger partial charge on any atom is -0.481 e. The Morgan fingerprint density at radius 1 is 1.38 bits per heavy atom. The fourth-order valence-electron chi connectivity index (χ4n) is 1.64. The summed E-state index contributed by atoms with van der Waals surface area (Å²) >= 11 is 0. The number of hydrogen-bond acceptors (Lipinski definition) is 3. The highest BCUT2D eigenvalue weighted by atomic mass is 16.6. The van der Waals surface area contributed by atoms with Crippen molar-refractivity contribution in [2.75, 3.05) is 19.7 Å². The zero-order valence-electron chi connectivity index (χ0n) is 9.81. The SMILES string of the molecule is CC(C)COC(=O)N1CCC(C(=O)O)CC1. The van der Waals surface area contributed by atoms with Crippen molar-refractivity contribution in [1.29, 1.82) is 0 Å². The summed E-state index contributed by atoms with van der Waals surface area (Å²) in [5, 5.41) is 8.80. The fraction of sp³-hybridized carbons (Fsp3) is 0.818. The van der Waals surface area contributed by atoms with Gasteiger partial charge in [-0.2, -0.15) is 0 Å². The Bertz CT molecular complexity index is 257. The van der Waals surface area contributed by atoms with Crippen molar-refractivity contribution in [1.82, 2.24) is 4.90 Å². The molecule has 0 aromatic rings. The molecule has 92 valence electrons. The van der Waals surface area contributed by atoms with Crippen LogP contribution in [0, 0.1) is 11.8 Å². The molecule has 5 heteroatoms. The third-order valence-corrected chi connectivity index (χ3v) is 2.64. The van der Waals surface area contributed by atoms with Crippen LogP contribution < -0.4 is 0 Å². The lowest BCUT2D eigenvalue weighted by molar-refractivity contribution is -0.143. The number of piperidine rings is 1. The standard InChI is InChI=1S/C11H19NO4/c1-8(2)7-16-11(15)12-5-3-9(4-6-12)10(13)14/h8-9H,3-7H2,1-2H3,(H,13,14). The number of rotatable bonds is 3. The number of nitrogens with zero attached hydrogens (tertiary/aromatic N) is 1. The molecule has 0 aliphatic carbocycles. The molecular formula is C11H19NO4. The monoisotopic (exact) mass is 229 g/mol. The summed E-state index contributed by atoms with van der Waals surface area (Å²) in [7, 11) is 0. The number of likely N-dealkylation sites (tertiary alicyclic amines) is 1. The Labute approximate surface area is 95.4 Å². The first-order valence-corrected chi connectivity index (χ1v) is 5.65. The van der Waals surface area contributed by atoms with Gasteiger partial charge in [-0.25, -0.2) is 4.79 Å². The molecule has 0 aromatic carbocycles. The molecule has 16 heavy (non-hydrogen) atoms. The average Bonchev–Trinajstić information content (AvgIpc) is 2.26. The summed E-state index contributed by atoms with van der Waals surface area (Å²) in [5.74, 6) is -0.759. The van der Waals surface area contributed by atoms with Gasteiger partial charge in [0.25, 0.3) is 0 Å². The minimum atomic E-state index is -0.768. The topological polar surface area (TPSA) is 66.8 Å². The second kappa shape index (κ2) is 5.72. The lowest BCUT2D eigenvalue weighted by atomic mass is 9.97. The minimum absolute atomic E-state index is 0.311. The van der Waals surface area contributed by atoms with Gasteiger partial charge in [0.05, 0.1) is 12.5 Å². The molecule has 1 N–H and O–H groups in total. The molecule has 1 amide bonds. The third kappa shape index (κ3) is 3.72. The van der Waals surface area contributed by atoms with Crippen LogP contribution in [0.2, 0.25) is 0 Å². The van der Waals surface area contributed by atoms with Crippen molar-refractivity contribution in [3.05, 3.63) is 0 Å². The first-order valence-electron chi connectivity index (χ1n) is 5.65. The van der Waals surface area contributed by atoms with Crippen LogP contribution in [0.3, 0.4) is 0 Å². The van der Waals surface area contributed by atoms with E-state index in [4.69, 9.17) is 9.84 Å². The predicted molar refractivity (Wildman–Crippen MR) is 58.1 cm³/mol. The van der Waals surface area contributed by atoms with E-state index in [1.165, 1.54) is 0 Å². The molecular weight excluding hydrogens is 210 g/mol. The van der Waals surface area contributed by atoms with Crippen molar-refractivity contribution >= 4 is 12.1 Å². The maximum absolute atomic E-state index is 11.5. The van der Waals surface area contributed by atoms with Gasteiger partial charge in [-0.1, -0.05) is 13.8 Å². The molecule has 1 heterocycles. The van der Waals surface area contributed by atoms with Crippen molar-refractivity contribution in [3.63, 3.8) is 0 Å². The maximum Gasteiger partial charge on any atom is 0.409 e. The third-order valence-electron chi connectivity index (χ3n) is 2.64. The number of amides is 1. The van der Waals surface area contributed by atoms with Crippen LogP contribution in [0.1, 0.15) is 26.7 Å². The second-order valence-electron chi connectivity index (χ2n) is 4.57. The first kappa shape index (κ1) is 12.8. The van der Waals surface area contributed by atoms with E-state index in [2.05, 4.69) is 0 Å². The van der Waals surface area contributed by atoms with Crippen LogP contribution in [0.4, 0.5) is 4.79 Å². The molecule has 0 atom stereocenters. The predicted octanol–water partition coefficient (Wildman–Crippen LogP) is 1.58. The van der Waals surface area contributed by atoms with E-state index in [1.54, 1.807) is 4.90 Å². The smallest absolute Gasteiger partial charge is 0.409 e. The van der Waals surface area contributed by atoms with Crippen molar-refractivity contribution in [2.24, 2.45) is 11.8 Å². The van der Waals surface area contributed by atoms with Crippen molar-refractivity contribution in [2.45, 2.75) is 26.7 Å². The number of carboxylic acids is 1. The first-order chi connectivity index (χ1) is 7.50. The summed E-state index contributed by atoms with van der Waals surface area (Å²) in [5.41, 5.74) is 0. The Morgan fingerprint density at radius 2 is 1.94 bits per heavy atom. The Kier molecular flexibility index (Phi) is 4.58. The van der Waals surface area contributed by atoms with Gasteiger partial charge >= 0.3 is 12.1 Å². The van der Waals surface area contributed by atoms with E-state index in [1.807, 2.05) is 13.8 Å². The van der Waals surface area contributed by atoms with E-state index >= 15 is 0 Å². The maximum atomic E-state index is 11.5. The van der Waals surface area contributed by atoms with Crippen molar-refractivity contribution < 1.29 is 19.4 Å². The number of aliphatic carboxylic acids is 1. The van der Waals surface area contributed by atoms with Gasteiger partial charge in [-0.3, -0.25) is 4.79 Å². The largest absolute Gasteiger partial charge is 0.481 e. The van der Waals surface area contributed by atoms with E-state index in [0.29, 0.717) is 38.5 Å². The van der Waals surface area contributed by atoms with Crippen LogP contribution in [-0.2, 0) is 9.53 Å². The van der Waals surface area contributed by atoms with Crippen molar-refractivity contribution in [3.8, 4) is 0 Å². The molecule has 1 saturated heterocycles. The van der Waals surface area contributed by atoms with Crippen LogP contribution in [0.5, 0.6) is 0 Å². The molecule has 0 aromatic heterocycles. The summed E-state index contributed by atoms with van der Waals surface area (Å²) < 4.78 is 5.08. The number of hydrogen-bond donors (Lipinski definition) is 1. The molecule has 1 rings (SSSR count). The fourth-order valence-corrected chi connectivity index (χ4v) is 1.64. The number of carboxylic acid groups (broad SMARTS) is 1. The highest BCUT2D eigenvalue weighted by molar-refractivity contribution is 5.71. The van der Waals surface area contributed by atoms with Gasteiger partial charge in [-0.05, 0) is 18.8 Å². The van der Waals surface area contributed by atoms with E-state index < -0.39 is 5.97 Å². The highest BCUT2D eigenvalue weighted by Gasteiger charge is 2.27. The van der Waals surface area contributed by atoms with E-state index in [0.717, 1.165) is 0 Å². The van der Waals surface area contributed by atoms with E-state index in [9.17, 15) is 9.59 Å². The molecule has 0 spiro atoms. The molecule has 0 saturated carbocycles. The Balaban J connectivity index is 2.30. The molecule has 0 radical (unpaired) electrons. The van der Waals surface area contributed by atoms with Crippen LogP contribution in [0.15, 0.2) is 0 Å². The molecule has 0 unspecified atom stereocenters. The summed E-state index contributed by atoms with van der Waals surface area (Å²) in [4.78, 5) is 23.8. The molecule has 1 fully saturated rings. The van der Waals surface area contributed by atoms with Crippen LogP contribution in [0.25, 0.3) is 0 Å². The van der Waals surface area contributed by atoms with Gasteiger partial charge in [0.2, 0.25) is 0 Å². The normalized spacial score (nSPS) is 17.6. The number of carbonyl (C=O) groups is 2. The second-order valence-corrected chi connectivity index (χ2v) is 4.57. The van der Waals surface area contributed by atoms with Gasteiger partial charge < -0.3 is 14.7 Å². The van der Waals surface area contributed by atoms with Gasteiger partial charge in [-0.15, -0.1) is 0 Å². The highest BCUT2D eigenvalue weighted by Crippen LogP contribution is 2.17. The number of ether oxygens (including phenoxy) is 1. The number of carbonyl (C=O) groups excluding carboxylic acids is 1. The molecule has 1 aliphatic rings. The zero-order valence-corrected chi connectivity index (χ0v) is 9.81. The lowest BCUT2D eigenvalue weighted by Crippen LogP contribution is -2.40. The van der Waals surface area contributed by atoms with Gasteiger partial charge in [0.1, 0.15) is 0 Å².